The highest BCUT2D eigenvalue weighted by molar-refractivity contribution is 5.83. The number of rotatable bonds is 6. The van der Waals surface area contributed by atoms with Crippen molar-refractivity contribution in [2.75, 3.05) is 26.7 Å². The fourth-order valence-electron chi connectivity index (χ4n) is 2.96. The fraction of sp³-hybridized carbons (Fsp3) is 0.588. The Bertz CT molecular complexity index is 468. The molecule has 1 atom stereocenters. The van der Waals surface area contributed by atoms with E-state index in [0.29, 0.717) is 6.54 Å². The Balaban J connectivity index is 1.85. The zero-order chi connectivity index (χ0) is 15.1. The van der Waals surface area contributed by atoms with Crippen molar-refractivity contribution in [1.82, 2.24) is 10.6 Å². The molecule has 4 nitrogen and oxygen atoms in total. The Labute approximate surface area is 127 Å². The van der Waals surface area contributed by atoms with Crippen LogP contribution in [-0.2, 0) is 11.2 Å². The smallest absolute Gasteiger partial charge is 0.227 e. The van der Waals surface area contributed by atoms with Crippen LogP contribution in [0.25, 0.3) is 0 Å². The molecule has 1 aromatic rings. The van der Waals surface area contributed by atoms with Crippen LogP contribution in [0.15, 0.2) is 24.3 Å². The number of carbonyl (C=O) groups is 1. The maximum Gasteiger partial charge on any atom is 0.227 e. The number of ether oxygens (including phenoxy) is 1. The standard InChI is InChI=1S/C17H26N2O2/c1-3-17(9-5-10-18-13-17)16(20)19-11-8-14-6-4-7-15(12-14)21-2/h4,6-7,12,18H,3,5,8-11,13H2,1-2H3,(H,19,20). The third-order valence-electron chi connectivity index (χ3n) is 4.46. The average Bonchev–Trinajstić information content (AvgIpc) is 2.55. The quantitative estimate of drug-likeness (QED) is 0.844. The number of carbonyl (C=O) groups excluding carboxylic acids is 1. The number of methoxy groups -OCH3 is 1. The minimum atomic E-state index is -0.216. The van der Waals surface area contributed by atoms with Gasteiger partial charge in [0.2, 0.25) is 5.91 Å². The molecule has 1 fully saturated rings. The second-order valence-electron chi connectivity index (χ2n) is 5.77. The van der Waals surface area contributed by atoms with Gasteiger partial charge in [0.25, 0.3) is 0 Å². The predicted octanol–water partition coefficient (Wildman–Crippen LogP) is 2.13. The summed E-state index contributed by atoms with van der Waals surface area (Å²) < 4.78 is 5.22. The molecule has 1 saturated heterocycles. The molecule has 1 aliphatic heterocycles. The summed E-state index contributed by atoms with van der Waals surface area (Å²) in [6.07, 6.45) is 3.79. The van der Waals surface area contributed by atoms with E-state index in [0.717, 1.165) is 44.5 Å². The molecule has 4 heteroatoms. The van der Waals surface area contributed by atoms with Crippen molar-refractivity contribution in [2.24, 2.45) is 5.41 Å². The van der Waals surface area contributed by atoms with E-state index in [1.54, 1.807) is 7.11 Å². The summed E-state index contributed by atoms with van der Waals surface area (Å²) in [4.78, 5) is 12.5. The first kappa shape index (κ1) is 15.8. The first-order valence-electron chi connectivity index (χ1n) is 7.82. The monoisotopic (exact) mass is 290 g/mol. The summed E-state index contributed by atoms with van der Waals surface area (Å²) in [6, 6.07) is 7.99. The van der Waals surface area contributed by atoms with Gasteiger partial charge in [-0.25, -0.2) is 0 Å². The Hall–Kier alpha value is -1.55. The van der Waals surface area contributed by atoms with Crippen LogP contribution in [0, 0.1) is 5.41 Å². The van der Waals surface area contributed by atoms with Gasteiger partial charge >= 0.3 is 0 Å². The van der Waals surface area contributed by atoms with Gasteiger partial charge in [-0.15, -0.1) is 0 Å². The van der Waals surface area contributed by atoms with Crippen molar-refractivity contribution < 1.29 is 9.53 Å². The Morgan fingerprint density at radius 1 is 1.48 bits per heavy atom. The second kappa shape index (κ2) is 7.46. The Morgan fingerprint density at radius 3 is 3.00 bits per heavy atom. The van der Waals surface area contributed by atoms with Crippen LogP contribution < -0.4 is 15.4 Å². The van der Waals surface area contributed by atoms with E-state index < -0.39 is 0 Å². The number of hydrogen-bond acceptors (Lipinski definition) is 3. The van der Waals surface area contributed by atoms with E-state index >= 15 is 0 Å². The molecule has 0 saturated carbocycles. The van der Waals surface area contributed by atoms with Crippen LogP contribution >= 0.6 is 0 Å². The molecule has 1 heterocycles. The fourth-order valence-corrected chi connectivity index (χ4v) is 2.96. The number of benzene rings is 1. The lowest BCUT2D eigenvalue weighted by Crippen LogP contribution is -2.50. The predicted molar refractivity (Wildman–Crippen MR) is 84.5 cm³/mol. The summed E-state index contributed by atoms with van der Waals surface area (Å²) in [5.41, 5.74) is 0.967. The first-order valence-corrected chi connectivity index (χ1v) is 7.82. The first-order chi connectivity index (χ1) is 10.2. The van der Waals surface area contributed by atoms with Crippen LogP contribution in [0.4, 0.5) is 0 Å². The van der Waals surface area contributed by atoms with Crippen molar-refractivity contribution in [3.8, 4) is 5.75 Å². The number of nitrogens with one attached hydrogen (secondary N) is 2. The highest BCUT2D eigenvalue weighted by Gasteiger charge is 2.37. The Morgan fingerprint density at radius 2 is 2.33 bits per heavy atom. The van der Waals surface area contributed by atoms with Gasteiger partial charge in [-0.2, -0.15) is 0 Å². The molecule has 21 heavy (non-hydrogen) atoms. The second-order valence-corrected chi connectivity index (χ2v) is 5.77. The van der Waals surface area contributed by atoms with E-state index in [-0.39, 0.29) is 11.3 Å². The molecule has 0 spiro atoms. The van der Waals surface area contributed by atoms with Crippen molar-refractivity contribution in [2.45, 2.75) is 32.6 Å². The summed E-state index contributed by atoms with van der Waals surface area (Å²) in [5.74, 6) is 1.06. The van der Waals surface area contributed by atoms with Gasteiger partial charge in [0.15, 0.2) is 0 Å². The van der Waals surface area contributed by atoms with Gasteiger partial charge in [-0.1, -0.05) is 19.1 Å². The highest BCUT2D eigenvalue weighted by Crippen LogP contribution is 2.30. The lowest BCUT2D eigenvalue weighted by Gasteiger charge is -2.35. The van der Waals surface area contributed by atoms with E-state index in [4.69, 9.17) is 4.74 Å². The van der Waals surface area contributed by atoms with Crippen molar-refractivity contribution in [3.05, 3.63) is 29.8 Å². The number of piperidine rings is 1. The molecule has 1 aliphatic rings. The van der Waals surface area contributed by atoms with Gasteiger partial charge in [0.1, 0.15) is 5.75 Å². The molecule has 1 amide bonds. The van der Waals surface area contributed by atoms with Crippen molar-refractivity contribution in [3.63, 3.8) is 0 Å². The van der Waals surface area contributed by atoms with Gasteiger partial charge in [-0.3, -0.25) is 4.79 Å². The van der Waals surface area contributed by atoms with Gasteiger partial charge in [0.05, 0.1) is 12.5 Å². The molecule has 0 bridgehead atoms. The molecule has 0 aromatic heterocycles. The molecular formula is C17H26N2O2. The molecule has 0 radical (unpaired) electrons. The summed E-state index contributed by atoms with van der Waals surface area (Å²) in [6.45, 7) is 4.61. The van der Waals surface area contributed by atoms with Crippen molar-refractivity contribution >= 4 is 5.91 Å². The minimum absolute atomic E-state index is 0.195. The molecule has 1 unspecified atom stereocenters. The normalized spacial score (nSPS) is 21.8. The van der Waals surface area contributed by atoms with Gasteiger partial charge in [0, 0.05) is 13.1 Å². The van der Waals surface area contributed by atoms with Crippen molar-refractivity contribution in [1.29, 1.82) is 0 Å². The lowest BCUT2D eigenvalue weighted by molar-refractivity contribution is -0.132. The molecular weight excluding hydrogens is 264 g/mol. The SMILES string of the molecule is CCC1(C(=O)NCCc2cccc(OC)c2)CCCNC1. The van der Waals surface area contributed by atoms with Crippen LogP contribution in [0.2, 0.25) is 0 Å². The third-order valence-corrected chi connectivity index (χ3v) is 4.46. The maximum atomic E-state index is 12.5. The molecule has 2 rings (SSSR count). The highest BCUT2D eigenvalue weighted by atomic mass is 16.5. The van der Waals surface area contributed by atoms with Crippen LogP contribution in [0.3, 0.4) is 0 Å². The molecule has 0 aliphatic carbocycles. The van der Waals surface area contributed by atoms with Crippen LogP contribution in [0.1, 0.15) is 31.7 Å². The lowest BCUT2D eigenvalue weighted by atomic mass is 9.77. The summed E-state index contributed by atoms with van der Waals surface area (Å²) in [5, 5.41) is 6.46. The van der Waals surface area contributed by atoms with E-state index in [9.17, 15) is 4.79 Å². The summed E-state index contributed by atoms with van der Waals surface area (Å²) in [7, 11) is 1.67. The molecule has 116 valence electrons. The number of hydrogen-bond donors (Lipinski definition) is 2. The maximum absolute atomic E-state index is 12.5. The van der Waals surface area contributed by atoms with Gasteiger partial charge in [-0.05, 0) is 49.9 Å². The zero-order valence-electron chi connectivity index (χ0n) is 13.1. The van der Waals surface area contributed by atoms with Gasteiger partial charge < -0.3 is 15.4 Å². The van der Waals surface area contributed by atoms with E-state index in [1.165, 1.54) is 5.56 Å². The third kappa shape index (κ3) is 3.97. The number of amides is 1. The summed E-state index contributed by atoms with van der Waals surface area (Å²) >= 11 is 0. The van der Waals surface area contributed by atoms with E-state index in [2.05, 4.69) is 23.6 Å². The minimum Gasteiger partial charge on any atom is -0.497 e. The van der Waals surface area contributed by atoms with E-state index in [1.807, 2.05) is 18.2 Å². The largest absolute Gasteiger partial charge is 0.497 e. The average molecular weight is 290 g/mol. The zero-order valence-corrected chi connectivity index (χ0v) is 13.1. The Kier molecular flexibility index (Phi) is 5.62. The van der Waals surface area contributed by atoms with Crippen LogP contribution in [0.5, 0.6) is 5.75 Å². The van der Waals surface area contributed by atoms with Crippen LogP contribution in [-0.4, -0.2) is 32.7 Å². The molecule has 1 aromatic carbocycles. The molecule has 2 N–H and O–H groups in total. The topological polar surface area (TPSA) is 50.4 Å².